The van der Waals surface area contributed by atoms with Crippen molar-refractivity contribution >= 4 is 51.7 Å². The molecule has 7 heteroatoms. The third-order valence-corrected chi connectivity index (χ3v) is 4.00. The van der Waals surface area contributed by atoms with E-state index in [1.807, 2.05) is 0 Å². The second-order valence-corrected chi connectivity index (χ2v) is 6.39. The van der Waals surface area contributed by atoms with Gasteiger partial charge in [-0.05, 0) is 42.5 Å². The van der Waals surface area contributed by atoms with Gasteiger partial charge >= 0.3 is 0 Å². The van der Waals surface area contributed by atoms with E-state index in [-0.39, 0.29) is 18.2 Å². The first kappa shape index (κ1) is 17.3. The average Bonchev–Trinajstić information content (AvgIpc) is 2.96. The van der Waals surface area contributed by atoms with Crippen molar-refractivity contribution < 1.29 is 14.0 Å². The number of fused-ring (bicyclic) bond motifs is 1. The van der Waals surface area contributed by atoms with Crippen molar-refractivity contribution in [1.29, 1.82) is 0 Å². The SMILES string of the molecule is CN(CC(=O)Nc1cccc(Cl)c1)C(=O)c1cc2cc(Cl)ccc2o1. The van der Waals surface area contributed by atoms with Crippen molar-refractivity contribution in [3.8, 4) is 0 Å². The van der Waals surface area contributed by atoms with E-state index in [1.165, 1.54) is 11.9 Å². The number of hydrogen-bond donors (Lipinski definition) is 1. The lowest BCUT2D eigenvalue weighted by atomic mass is 10.2. The van der Waals surface area contributed by atoms with Crippen LogP contribution in [0.1, 0.15) is 10.6 Å². The number of nitrogens with one attached hydrogen (secondary N) is 1. The molecule has 25 heavy (non-hydrogen) atoms. The van der Waals surface area contributed by atoms with Gasteiger partial charge in [0.1, 0.15) is 5.58 Å². The lowest BCUT2D eigenvalue weighted by molar-refractivity contribution is -0.116. The number of anilines is 1. The van der Waals surface area contributed by atoms with Crippen molar-refractivity contribution in [1.82, 2.24) is 4.90 Å². The van der Waals surface area contributed by atoms with Gasteiger partial charge in [0.05, 0.1) is 6.54 Å². The normalized spacial score (nSPS) is 10.7. The van der Waals surface area contributed by atoms with Crippen molar-refractivity contribution in [3.05, 3.63) is 64.3 Å². The Labute approximate surface area is 154 Å². The highest BCUT2D eigenvalue weighted by Gasteiger charge is 2.19. The molecule has 1 heterocycles. The van der Waals surface area contributed by atoms with Gasteiger partial charge in [-0.3, -0.25) is 9.59 Å². The van der Waals surface area contributed by atoms with Gasteiger partial charge in [-0.15, -0.1) is 0 Å². The molecule has 0 atom stereocenters. The van der Waals surface area contributed by atoms with E-state index in [2.05, 4.69) is 5.32 Å². The molecule has 0 aliphatic heterocycles. The van der Waals surface area contributed by atoms with Crippen LogP contribution in [-0.4, -0.2) is 30.3 Å². The third-order valence-electron chi connectivity index (χ3n) is 3.52. The standard InChI is InChI=1S/C18H14Cl2N2O3/c1-22(10-17(23)21-14-4-2-3-12(19)9-14)18(24)16-8-11-7-13(20)5-6-15(11)25-16/h2-9H,10H2,1H3,(H,21,23). The third kappa shape index (κ3) is 4.13. The highest BCUT2D eigenvalue weighted by Crippen LogP contribution is 2.23. The van der Waals surface area contributed by atoms with Crippen LogP contribution in [0.15, 0.2) is 52.9 Å². The van der Waals surface area contributed by atoms with Crippen LogP contribution in [0, 0.1) is 0 Å². The quantitative estimate of drug-likeness (QED) is 0.731. The van der Waals surface area contributed by atoms with E-state index in [4.69, 9.17) is 27.6 Å². The van der Waals surface area contributed by atoms with E-state index in [0.717, 1.165) is 5.39 Å². The van der Waals surface area contributed by atoms with Crippen LogP contribution in [0.5, 0.6) is 0 Å². The van der Waals surface area contributed by atoms with Crippen LogP contribution < -0.4 is 5.32 Å². The number of likely N-dealkylation sites (N-methyl/N-ethyl adjacent to an activating group) is 1. The molecule has 3 aromatic rings. The van der Waals surface area contributed by atoms with Crippen LogP contribution in [0.4, 0.5) is 5.69 Å². The number of hydrogen-bond acceptors (Lipinski definition) is 3. The van der Waals surface area contributed by atoms with Crippen molar-refractivity contribution in [3.63, 3.8) is 0 Å². The van der Waals surface area contributed by atoms with Crippen LogP contribution in [0.25, 0.3) is 11.0 Å². The molecule has 0 fully saturated rings. The first-order chi connectivity index (χ1) is 11.9. The summed E-state index contributed by atoms with van der Waals surface area (Å²) in [6.45, 7) is -0.122. The Morgan fingerprint density at radius 2 is 1.84 bits per heavy atom. The summed E-state index contributed by atoms with van der Waals surface area (Å²) in [4.78, 5) is 25.8. The zero-order valence-corrected chi connectivity index (χ0v) is 14.8. The Bertz CT molecular complexity index is 952. The van der Waals surface area contributed by atoms with Crippen LogP contribution in [-0.2, 0) is 4.79 Å². The molecule has 1 N–H and O–H groups in total. The molecule has 5 nitrogen and oxygen atoms in total. The van der Waals surface area contributed by atoms with Crippen molar-refractivity contribution in [2.24, 2.45) is 0 Å². The lowest BCUT2D eigenvalue weighted by Crippen LogP contribution is -2.34. The summed E-state index contributed by atoms with van der Waals surface area (Å²) in [7, 11) is 1.53. The Hall–Kier alpha value is -2.50. The average molecular weight is 377 g/mol. The number of nitrogens with zero attached hydrogens (tertiary/aromatic N) is 1. The molecule has 2 amide bonds. The number of carbonyl (C=O) groups is 2. The highest BCUT2D eigenvalue weighted by atomic mass is 35.5. The van der Waals surface area contributed by atoms with E-state index in [0.29, 0.717) is 21.3 Å². The number of amides is 2. The molecule has 2 aromatic carbocycles. The smallest absolute Gasteiger partial charge is 0.289 e. The molecular formula is C18H14Cl2N2O3. The zero-order chi connectivity index (χ0) is 18.0. The fourth-order valence-corrected chi connectivity index (χ4v) is 2.73. The first-order valence-corrected chi connectivity index (χ1v) is 8.18. The number of furan rings is 1. The molecule has 0 radical (unpaired) electrons. The molecule has 0 unspecified atom stereocenters. The van der Waals surface area contributed by atoms with Gasteiger partial charge in [-0.1, -0.05) is 29.3 Å². The number of benzene rings is 2. The van der Waals surface area contributed by atoms with E-state index >= 15 is 0 Å². The summed E-state index contributed by atoms with van der Waals surface area (Å²) in [6, 6.07) is 13.5. The van der Waals surface area contributed by atoms with E-state index < -0.39 is 5.91 Å². The maximum atomic E-state index is 12.4. The van der Waals surface area contributed by atoms with Gasteiger partial charge in [-0.25, -0.2) is 0 Å². The summed E-state index contributed by atoms with van der Waals surface area (Å²) in [5.41, 5.74) is 1.13. The molecule has 0 aliphatic rings. The molecule has 0 aliphatic carbocycles. The summed E-state index contributed by atoms with van der Waals surface area (Å²) in [6.07, 6.45) is 0. The Morgan fingerprint density at radius 1 is 1.08 bits per heavy atom. The highest BCUT2D eigenvalue weighted by molar-refractivity contribution is 6.31. The first-order valence-electron chi connectivity index (χ1n) is 7.42. The van der Waals surface area contributed by atoms with Gasteiger partial charge in [0.15, 0.2) is 5.76 Å². The Morgan fingerprint density at radius 3 is 2.60 bits per heavy atom. The topological polar surface area (TPSA) is 62.6 Å². The molecule has 0 bridgehead atoms. The molecule has 0 spiro atoms. The fourth-order valence-electron chi connectivity index (χ4n) is 2.36. The minimum atomic E-state index is -0.395. The minimum absolute atomic E-state index is 0.122. The number of rotatable bonds is 4. The predicted octanol–water partition coefficient (Wildman–Crippen LogP) is 4.45. The Balaban J connectivity index is 1.67. The van der Waals surface area contributed by atoms with Gasteiger partial charge in [0, 0.05) is 28.2 Å². The summed E-state index contributed by atoms with van der Waals surface area (Å²) in [5.74, 6) is -0.582. The molecular weight excluding hydrogens is 363 g/mol. The van der Waals surface area contributed by atoms with Gasteiger partial charge in [0.25, 0.3) is 5.91 Å². The maximum Gasteiger partial charge on any atom is 0.289 e. The Kier molecular flexibility index (Phi) is 4.97. The second-order valence-electron chi connectivity index (χ2n) is 5.51. The molecule has 0 saturated heterocycles. The number of halogens is 2. The molecule has 3 rings (SSSR count). The van der Waals surface area contributed by atoms with Crippen LogP contribution >= 0.6 is 23.2 Å². The minimum Gasteiger partial charge on any atom is -0.451 e. The molecule has 128 valence electrons. The van der Waals surface area contributed by atoms with Crippen molar-refractivity contribution in [2.75, 3.05) is 18.9 Å². The van der Waals surface area contributed by atoms with Crippen molar-refractivity contribution in [2.45, 2.75) is 0 Å². The largest absolute Gasteiger partial charge is 0.451 e. The van der Waals surface area contributed by atoms with Crippen LogP contribution in [0.3, 0.4) is 0 Å². The fraction of sp³-hybridized carbons (Fsp3) is 0.111. The van der Waals surface area contributed by atoms with Gasteiger partial charge in [-0.2, -0.15) is 0 Å². The molecule has 0 saturated carbocycles. The van der Waals surface area contributed by atoms with E-state index in [1.54, 1.807) is 48.5 Å². The zero-order valence-electron chi connectivity index (χ0n) is 13.3. The van der Waals surface area contributed by atoms with Gasteiger partial charge in [0.2, 0.25) is 5.91 Å². The summed E-state index contributed by atoms with van der Waals surface area (Å²) in [5, 5.41) is 4.49. The summed E-state index contributed by atoms with van der Waals surface area (Å²) >= 11 is 11.8. The lowest BCUT2D eigenvalue weighted by Gasteiger charge is -2.15. The van der Waals surface area contributed by atoms with E-state index in [9.17, 15) is 9.59 Å². The molecule has 1 aromatic heterocycles. The monoisotopic (exact) mass is 376 g/mol. The predicted molar refractivity (Wildman–Crippen MR) is 98.3 cm³/mol. The van der Waals surface area contributed by atoms with Crippen LogP contribution in [0.2, 0.25) is 10.0 Å². The number of carbonyl (C=O) groups excluding carboxylic acids is 2. The second kappa shape index (κ2) is 7.17. The summed E-state index contributed by atoms with van der Waals surface area (Å²) < 4.78 is 5.52. The van der Waals surface area contributed by atoms with Gasteiger partial charge < -0.3 is 14.6 Å². The maximum absolute atomic E-state index is 12.4.